The zero-order chi connectivity index (χ0) is 19.3. The minimum Gasteiger partial charge on any atom is -0.322 e. The fourth-order valence-electron chi connectivity index (χ4n) is 2.70. The number of hydrogen-bond acceptors (Lipinski definition) is 4. The molecule has 1 aliphatic heterocycles. The normalized spacial score (nSPS) is 14.2. The third-order valence-electron chi connectivity index (χ3n) is 4.14. The standard InChI is InChI=1S/C20H21N3O3S/c1-15-6-2-3-7-16(15)11-12-20(24)22-17-8-4-9-18(14-17)27(25,26)23-19-10-5-13-21-19/h2-4,6-9,11-12,14H,5,10,13H2,1H3,(H,21,23)(H,22,24). The van der Waals surface area contributed by atoms with Crippen LogP contribution in [0.3, 0.4) is 0 Å². The largest absolute Gasteiger partial charge is 0.322 e. The number of carbonyl (C=O) groups excluding carboxylic acids is 1. The summed E-state index contributed by atoms with van der Waals surface area (Å²) in [6, 6.07) is 13.9. The monoisotopic (exact) mass is 383 g/mol. The Hall–Kier alpha value is -2.93. The maximum absolute atomic E-state index is 12.5. The SMILES string of the molecule is Cc1ccccc1C=CC(=O)Nc1cccc(S(=O)(=O)NC2=NCCC2)c1. The molecule has 27 heavy (non-hydrogen) atoms. The van der Waals surface area contributed by atoms with Crippen LogP contribution in [0.25, 0.3) is 6.08 Å². The number of aryl methyl sites for hydroxylation is 1. The van der Waals surface area contributed by atoms with Crippen molar-refractivity contribution in [1.29, 1.82) is 0 Å². The lowest BCUT2D eigenvalue weighted by Crippen LogP contribution is -2.29. The Labute approximate surface area is 159 Å². The van der Waals surface area contributed by atoms with Crippen molar-refractivity contribution in [3.63, 3.8) is 0 Å². The highest BCUT2D eigenvalue weighted by Crippen LogP contribution is 2.17. The van der Waals surface area contributed by atoms with Crippen LogP contribution < -0.4 is 10.0 Å². The molecule has 0 fully saturated rings. The Morgan fingerprint density at radius 2 is 1.96 bits per heavy atom. The second-order valence-electron chi connectivity index (χ2n) is 6.24. The molecule has 3 rings (SSSR count). The number of benzene rings is 2. The van der Waals surface area contributed by atoms with E-state index >= 15 is 0 Å². The van der Waals surface area contributed by atoms with Gasteiger partial charge in [0.15, 0.2) is 0 Å². The Morgan fingerprint density at radius 3 is 2.70 bits per heavy atom. The highest BCUT2D eigenvalue weighted by molar-refractivity contribution is 7.90. The zero-order valence-electron chi connectivity index (χ0n) is 15.0. The van der Waals surface area contributed by atoms with Crippen LogP contribution in [-0.4, -0.2) is 26.7 Å². The number of hydrogen-bond donors (Lipinski definition) is 2. The summed E-state index contributed by atoms with van der Waals surface area (Å²) in [6.45, 7) is 2.61. The van der Waals surface area contributed by atoms with Gasteiger partial charge in [-0.3, -0.25) is 14.5 Å². The van der Waals surface area contributed by atoms with Crippen molar-refractivity contribution in [3.05, 3.63) is 65.7 Å². The van der Waals surface area contributed by atoms with Crippen molar-refractivity contribution in [2.24, 2.45) is 4.99 Å². The molecule has 0 atom stereocenters. The van der Waals surface area contributed by atoms with Crippen molar-refractivity contribution < 1.29 is 13.2 Å². The smallest absolute Gasteiger partial charge is 0.262 e. The van der Waals surface area contributed by atoms with Gasteiger partial charge in [0.1, 0.15) is 5.84 Å². The van der Waals surface area contributed by atoms with E-state index in [2.05, 4.69) is 15.0 Å². The van der Waals surface area contributed by atoms with Gasteiger partial charge in [0, 0.05) is 24.7 Å². The van der Waals surface area contributed by atoms with Gasteiger partial charge in [-0.15, -0.1) is 0 Å². The quantitative estimate of drug-likeness (QED) is 0.778. The first-order valence-corrected chi connectivity index (χ1v) is 10.1. The van der Waals surface area contributed by atoms with E-state index in [1.165, 1.54) is 18.2 Å². The van der Waals surface area contributed by atoms with Crippen LogP contribution in [0.5, 0.6) is 0 Å². The van der Waals surface area contributed by atoms with Crippen molar-refractivity contribution in [1.82, 2.24) is 4.72 Å². The van der Waals surface area contributed by atoms with Crippen molar-refractivity contribution >= 4 is 33.5 Å². The molecular weight excluding hydrogens is 362 g/mol. The number of nitrogens with one attached hydrogen (secondary N) is 2. The summed E-state index contributed by atoms with van der Waals surface area (Å²) in [5.74, 6) is 0.145. The lowest BCUT2D eigenvalue weighted by atomic mass is 10.1. The fourth-order valence-corrected chi connectivity index (χ4v) is 3.84. The molecule has 0 aliphatic carbocycles. The number of nitrogens with zero attached hydrogens (tertiary/aromatic N) is 1. The lowest BCUT2D eigenvalue weighted by Gasteiger charge is -2.09. The summed E-state index contributed by atoms with van der Waals surface area (Å²) in [4.78, 5) is 16.4. The molecule has 0 aromatic heterocycles. The minimum absolute atomic E-state index is 0.0813. The van der Waals surface area contributed by atoms with E-state index in [0.717, 1.165) is 17.5 Å². The van der Waals surface area contributed by atoms with Gasteiger partial charge in [-0.1, -0.05) is 30.3 Å². The molecule has 6 nitrogen and oxygen atoms in total. The van der Waals surface area contributed by atoms with Crippen molar-refractivity contribution in [3.8, 4) is 0 Å². The molecule has 2 aromatic rings. The molecule has 1 heterocycles. The highest BCUT2D eigenvalue weighted by atomic mass is 32.2. The Bertz CT molecular complexity index is 1010. The fraction of sp³-hybridized carbons (Fsp3) is 0.200. The molecule has 7 heteroatoms. The van der Waals surface area contributed by atoms with E-state index in [1.807, 2.05) is 31.2 Å². The summed E-state index contributed by atoms with van der Waals surface area (Å²) >= 11 is 0. The molecule has 140 valence electrons. The number of amides is 1. The van der Waals surface area contributed by atoms with Crippen LogP contribution in [0.15, 0.2) is 64.5 Å². The van der Waals surface area contributed by atoms with E-state index < -0.39 is 10.0 Å². The number of aliphatic imine (C=N–C) groups is 1. The second kappa shape index (κ2) is 8.18. The average molecular weight is 383 g/mol. The predicted molar refractivity (Wildman–Crippen MR) is 107 cm³/mol. The molecule has 2 N–H and O–H groups in total. The Balaban J connectivity index is 1.70. The molecule has 1 amide bonds. The summed E-state index contributed by atoms with van der Waals surface area (Å²) in [5, 5.41) is 2.69. The highest BCUT2D eigenvalue weighted by Gasteiger charge is 2.18. The van der Waals surface area contributed by atoms with E-state index in [0.29, 0.717) is 24.5 Å². The van der Waals surface area contributed by atoms with Gasteiger partial charge in [0.05, 0.1) is 4.90 Å². The maximum Gasteiger partial charge on any atom is 0.262 e. The van der Waals surface area contributed by atoms with Gasteiger partial charge in [0.2, 0.25) is 5.91 Å². The summed E-state index contributed by atoms with van der Waals surface area (Å²) in [5.41, 5.74) is 2.42. The molecule has 0 saturated heterocycles. The van der Waals surface area contributed by atoms with Gasteiger partial charge in [0.25, 0.3) is 10.0 Å². The van der Waals surface area contributed by atoms with Gasteiger partial charge < -0.3 is 5.32 Å². The zero-order valence-corrected chi connectivity index (χ0v) is 15.8. The molecule has 0 unspecified atom stereocenters. The summed E-state index contributed by atoms with van der Waals surface area (Å²) in [6.07, 6.45) is 4.63. The van der Waals surface area contributed by atoms with E-state index in [-0.39, 0.29) is 10.8 Å². The number of carbonyl (C=O) groups is 1. The first-order chi connectivity index (χ1) is 12.9. The van der Waals surface area contributed by atoms with Crippen LogP contribution >= 0.6 is 0 Å². The van der Waals surface area contributed by atoms with Gasteiger partial charge >= 0.3 is 0 Å². The van der Waals surface area contributed by atoms with Gasteiger partial charge in [-0.25, -0.2) is 8.42 Å². The first-order valence-electron chi connectivity index (χ1n) is 8.65. The third kappa shape index (κ3) is 5.04. The number of rotatable bonds is 5. The topological polar surface area (TPSA) is 87.6 Å². The molecule has 2 aromatic carbocycles. The third-order valence-corrected chi connectivity index (χ3v) is 5.52. The van der Waals surface area contributed by atoms with Crippen LogP contribution in [0.4, 0.5) is 5.69 Å². The second-order valence-corrected chi connectivity index (χ2v) is 7.93. The minimum atomic E-state index is -3.71. The Morgan fingerprint density at radius 1 is 1.15 bits per heavy atom. The van der Waals surface area contributed by atoms with Gasteiger partial charge in [-0.2, -0.15) is 0 Å². The summed E-state index contributed by atoms with van der Waals surface area (Å²) in [7, 11) is -3.71. The molecule has 1 aliphatic rings. The van der Waals surface area contributed by atoms with E-state index in [4.69, 9.17) is 0 Å². The van der Waals surface area contributed by atoms with Crippen LogP contribution in [0.1, 0.15) is 24.0 Å². The molecule has 0 saturated carbocycles. The van der Waals surface area contributed by atoms with Gasteiger partial charge in [-0.05, 0) is 48.7 Å². The molecule has 0 bridgehead atoms. The molecule has 0 radical (unpaired) electrons. The molecular formula is C20H21N3O3S. The number of sulfonamides is 1. The first kappa shape index (κ1) is 18.8. The van der Waals surface area contributed by atoms with Crippen LogP contribution in [-0.2, 0) is 14.8 Å². The van der Waals surface area contributed by atoms with E-state index in [9.17, 15) is 13.2 Å². The number of amidine groups is 1. The van der Waals surface area contributed by atoms with Crippen molar-refractivity contribution in [2.75, 3.05) is 11.9 Å². The molecule has 0 spiro atoms. The maximum atomic E-state index is 12.5. The summed E-state index contributed by atoms with van der Waals surface area (Å²) < 4.78 is 27.4. The Kier molecular flexibility index (Phi) is 5.71. The number of anilines is 1. The lowest BCUT2D eigenvalue weighted by molar-refractivity contribution is -0.111. The predicted octanol–water partition coefficient (Wildman–Crippen LogP) is 3.12. The van der Waals surface area contributed by atoms with Crippen molar-refractivity contribution in [2.45, 2.75) is 24.7 Å². The van der Waals surface area contributed by atoms with Crippen LogP contribution in [0.2, 0.25) is 0 Å². The average Bonchev–Trinajstić information content (AvgIpc) is 3.13. The van der Waals surface area contributed by atoms with Crippen LogP contribution in [0, 0.1) is 6.92 Å². The van der Waals surface area contributed by atoms with E-state index in [1.54, 1.807) is 18.2 Å².